The van der Waals surface area contributed by atoms with Gasteiger partial charge in [0.1, 0.15) is 5.60 Å². The zero-order chi connectivity index (χ0) is 14.4. The number of aliphatic hydroxyl groups excluding tert-OH is 1. The predicted molar refractivity (Wildman–Crippen MR) is 71.1 cm³/mol. The lowest BCUT2D eigenvalue weighted by molar-refractivity contribution is -0.134. The highest BCUT2D eigenvalue weighted by atomic mass is 16.6. The molecule has 18 heavy (non-hydrogen) atoms. The van der Waals surface area contributed by atoms with Gasteiger partial charge in [-0.1, -0.05) is 34.6 Å². The standard InChI is InChI=1S/C14H27NO3/c1-11(2,3)14(9-16)8-7-13(6,12(14,4)5)18-10(15)17/h16H,7-9H2,1-6H3,(H2,15,17). The van der Waals surface area contributed by atoms with Gasteiger partial charge in [0.05, 0.1) is 0 Å². The quantitative estimate of drug-likeness (QED) is 0.798. The topological polar surface area (TPSA) is 72.6 Å². The highest BCUT2D eigenvalue weighted by Crippen LogP contribution is 2.65. The number of ether oxygens (including phenoxy) is 1. The molecular weight excluding hydrogens is 230 g/mol. The Morgan fingerprint density at radius 2 is 1.78 bits per heavy atom. The van der Waals surface area contributed by atoms with Crippen LogP contribution in [0.25, 0.3) is 0 Å². The molecule has 0 bridgehead atoms. The molecule has 0 aromatic carbocycles. The van der Waals surface area contributed by atoms with Crippen molar-refractivity contribution >= 4 is 6.09 Å². The monoisotopic (exact) mass is 257 g/mol. The van der Waals surface area contributed by atoms with Gasteiger partial charge in [-0.15, -0.1) is 0 Å². The third-order valence-corrected chi connectivity index (χ3v) is 5.58. The van der Waals surface area contributed by atoms with Crippen molar-refractivity contribution in [1.29, 1.82) is 0 Å². The van der Waals surface area contributed by atoms with Crippen molar-refractivity contribution in [1.82, 2.24) is 0 Å². The summed E-state index contributed by atoms with van der Waals surface area (Å²) in [6, 6.07) is 0. The van der Waals surface area contributed by atoms with E-state index in [0.29, 0.717) is 0 Å². The molecule has 1 amide bonds. The molecule has 0 radical (unpaired) electrons. The van der Waals surface area contributed by atoms with E-state index in [1.54, 1.807) is 0 Å². The summed E-state index contributed by atoms with van der Waals surface area (Å²) in [4.78, 5) is 11.1. The molecule has 1 aliphatic carbocycles. The van der Waals surface area contributed by atoms with E-state index in [1.807, 2.05) is 6.92 Å². The van der Waals surface area contributed by atoms with Crippen LogP contribution in [0.5, 0.6) is 0 Å². The molecule has 0 heterocycles. The molecule has 0 aliphatic heterocycles. The van der Waals surface area contributed by atoms with Crippen molar-refractivity contribution in [3.8, 4) is 0 Å². The fourth-order valence-electron chi connectivity index (χ4n) is 3.81. The summed E-state index contributed by atoms with van der Waals surface area (Å²) in [6.45, 7) is 12.5. The number of carbonyl (C=O) groups is 1. The first-order valence-electron chi connectivity index (χ1n) is 6.53. The van der Waals surface area contributed by atoms with Gasteiger partial charge in [-0.05, 0) is 25.2 Å². The maximum atomic E-state index is 11.1. The van der Waals surface area contributed by atoms with Crippen LogP contribution >= 0.6 is 0 Å². The second-order valence-electron chi connectivity index (χ2n) is 7.27. The zero-order valence-electron chi connectivity index (χ0n) is 12.5. The summed E-state index contributed by atoms with van der Waals surface area (Å²) < 4.78 is 5.39. The minimum Gasteiger partial charge on any atom is -0.443 e. The Morgan fingerprint density at radius 3 is 2.06 bits per heavy atom. The predicted octanol–water partition coefficient (Wildman–Crippen LogP) is 2.69. The fourth-order valence-corrected chi connectivity index (χ4v) is 3.81. The maximum Gasteiger partial charge on any atom is 0.405 e. The highest BCUT2D eigenvalue weighted by molar-refractivity contribution is 5.65. The van der Waals surface area contributed by atoms with E-state index >= 15 is 0 Å². The van der Waals surface area contributed by atoms with Crippen LogP contribution in [0.1, 0.15) is 54.4 Å². The molecule has 1 fully saturated rings. The minimum atomic E-state index is -0.742. The molecule has 0 saturated heterocycles. The average molecular weight is 257 g/mol. The van der Waals surface area contributed by atoms with Crippen molar-refractivity contribution in [2.75, 3.05) is 6.61 Å². The number of carbonyl (C=O) groups excluding carboxylic acids is 1. The molecule has 0 spiro atoms. The van der Waals surface area contributed by atoms with Crippen molar-refractivity contribution in [3.63, 3.8) is 0 Å². The average Bonchev–Trinajstić information content (AvgIpc) is 2.33. The van der Waals surface area contributed by atoms with Gasteiger partial charge < -0.3 is 15.6 Å². The molecule has 4 nitrogen and oxygen atoms in total. The number of aliphatic hydroxyl groups is 1. The largest absolute Gasteiger partial charge is 0.443 e. The third kappa shape index (κ3) is 1.81. The molecule has 0 aromatic rings. The summed E-state index contributed by atoms with van der Waals surface area (Å²) in [5, 5.41) is 9.98. The molecular formula is C14H27NO3. The van der Waals surface area contributed by atoms with Crippen molar-refractivity contribution in [2.24, 2.45) is 22.0 Å². The van der Waals surface area contributed by atoms with E-state index in [2.05, 4.69) is 34.6 Å². The molecule has 0 aromatic heterocycles. The first-order valence-corrected chi connectivity index (χ1v) is 6.53. The lowest BCUT2D eigenvalue weighted by atomic mass is 9.53. The Kier molecular flexibility index (Phi) is 3.50. The number of hydrogen-bond acceptors (Lipinski definition) is 3. The first kappa shape index (κ1) is 15.3. The third-order valence-electron chi connectivity index (χ3n) is 5.58. The van der Waals surface area contributed by atoms with Gasteiger partial charge in [-0.25, -0.2) is 4.79 Å². The van der Waals surface area contributed by atoms with Crippen molar-refractivity contribution in [2.45, 2.75) is 60.0 Å². The molecule has 3 N–H and O–H groups in total. The second kappa shape index (κ2) is 4.12. The van der Waals surface area contributed by atoms with Crippen LogP contribution in [0.15, 0.2) is 0 Å². The summed E-state index contributed by atoms with van der Waals surface area (Å²) in [6.07, 6.45) is 0.804. The lowest BCUT2D eigenvalue weighted by Gasteiger charge is -2.53. The Balaban J connectivity index is 3.26. The van der Waals surface area contributed by atoms with E-state index < -0.39 is 11.7 Å². The van der Waals surface area contributed by atoms with Crippen molar-refractivity contribution in [3.05, 3.63) is 0 Å². The fraction of sp³-hybridized carbons (Fsp3) is 0.929. The Hall–Kier alpha value is -0.770. The van der Waals surface area contributed by atoms with Crippen LogP contribution in [-0.4, -0.2) is 23.4 Å². The van der Waals surface area contributed by atoms with E-state index in [-0.39, 0.29) is 22.9 Å². The summed E-state index contributed by atoms with van der Waals surface area (Å²) in [5.41, 5.74) is 3.85. The lowest BCUT2D eigenvalue weighted by Crippen LogP contribution is -2.55. The Bertz CT molecular complexity index is 345. The van der Waals surface area contributed by atoms with Crippen LogP contribution < -0.4 is 5.73 Å². The van der Waals surface area contributed by atoms with Crippen LogP contribution in [0, 0.1) is 16.2 Å². The summed E-state index contributed by atoms with van der Waals surface area (Å²) in [7, 11) is 0. The normalized spacial score (nSPS) is 35.5. The van der Waals surface area contributed by atoms with Crippen LogP contribution in [0.3, 0.4) is 0 Å². The molecule has 2 atom stereocenters. The van der Waals surface area contributed by atoms with Crippen LogP contribution in [0.2, 0.25) is 0 Å². The van der Waals surface area contributed by atoms with Gasteiger partial charge in [0.25, 0.3) is 0 Å². The van der Waals surface area contributed by atoms with Crippen LogP contribution in [-0.2, 0) is 4.74 Å². The zero-order valence-corrected chi connectivity index (χ0v) is 12.5. The second-order valence-corrected chi connectivity index (χ2v) is 7.27. The highest BCUT2D eigenvalue weighted by Gasteiger charge is 2.66. The van der Waals surface area contributed by atoms with Gasteiger partial charge in [-0.3, -0.25) is 0 Å². The van der Waals surface area contributed by atoms with Gasteiger partial charge in [0.15, 0.2) is 0 Å². The number of amides is 1. The number of hydrogen-bond donors (Lipinski definition) is 2. The maximum absolute atomic E-state index is 11.1. The molecule has 1 saturated carbocycles. The van der Waals surface area contributed by atoms with E-state index in [0.717, 1.165) is 12.8 Å². The summed E-state index contributed by atoms with van der Waals surface area (Å²) in [5.74, 6) is 0. The smallest absolute Gasteiger partial charge is 0.405 e. The van der Waals surface area contributed by atoms with Gasteiger partial charge in [0, 0.05) is 17.4 Å². The Morgan fingerprint density at radius 1 is 1.28 bits per heavy atom. The molecule has 4 heteroatoms. The van der Waals surface area contributed by atoms with Gasteiger partial charge >= 0.3 is 6.09 Å². The SMILES string of the molecule is CC(C)(C)C1(CO)CCC(C)(OC(N)=O)C1(C)C. The first-order chi connectivity index (χ1) is 7.93. The van der Waals surface area contributed by atoms with E-state index in [9.17, 15) is 9.90 Å². The molecule has 2 unspecified atom stereocenters. The molecule has 106 valence electrons. The van der Waals surface area contributed by atoms with Gasteiger partial charge in [-0.2, -0.15) is 0 Å². The molecule has 1 rings (SSSR count). The van der Waals surface area contributed by atoms with E-state index in [4.69, 9.17) is 10.5 Å². The summed E-state index contributed by atoms with van der Waals surface area (Å²) >= 11 is 0. The minimum absolute atomic E-state index is 0.0793. The van der Waals surface area contributed by atoms with E-state index in [1.165, 1.54) is 0 Å². The number of rotatable bonds is 2. The van der Waals surface area contributed by atoms with Gasteiger partial charge in [0.2, 0.25) is 0 Å². The number of nitrogens with two attached hydrogens (primary N) is 1. The number of primary amides is 1. The van der Waals surface area contributed by atoms with Crippen molar-refractivity contribution < 1.29 is 14.6 Å². The Labute approximate surface area is 110 Å². The molecule has 1 aliphatic rings. The van der Waals surface area contributed by atoms with Crippen LogP contribution in [0.4, 0.5) is 4.79 Å².